The van der Waals surface area contributed by atoms with Crippen LogP contribution in [0.15, 0.2) is 17.8 Å². The quantitative estimate of drug-likeness (QED) is 0.416. The third kappa shape index (κ3) is 3.05. The van der Waals surface area contributed by atoms with Gasteiger partial charge >= 0.3 is 0 Å². The van der Waals surface area contributed by atoms with Crippen LogP contribution in [-0.4, -0.2) is 48.6 Å². The molecule has 0 radical (unpaired) electrons. The van der Waals surface area contributed by atoms with Crippen molar-refractivity contribution in [3.8, 4) is 11.5 Å². The third-order valence-corrected chi connectivity index (χ3v) is 4.65. The standard InChI is InChI=1S/C15H17IN2O3S/c1-5-21-13-10(16)6-9(8-12(13)20-4)7-11-14(19)18(3)15(22)17(11)2/h6-8H,5H2,1-4H3/b11-7-. The fourth-order valence-corrected chi connectivity index (χ4v) is 3.12. The van der Waals surface area contributed by atoms with Crippen LogP contribution in [0.3, 0.4) is 0 Å². The lowest BCUT2D eigenvalue weighted by Gasteiger charge is -2.13. The first-order chi connectivity index (χ1) is 10.4. The Morgan fingerprint density at radius 1 is 1.32 bits per heavy atom. The summed E-state index contributed by atoms with van der Waals surface area (Å²) in [6, 6.07) is 3.80. The maximum atomic E-state index is 12.2. The van der Waals surface area contributed by atoms with Crippen LogP contribution < -0.4 is 9.47 Å². The number of thiocarbonyl (C=S) groups is 1. The summed E-state index contributed by atoms with van der Waals surface area (Å²) in [5.74, 6) is 1.24. The van der Waals surface area contributed by atoms with Gasteiger partial charge in [-0.05, 0) is 65.5 Å². The zero-order valence-electron chi connectivity index (χ0n) is 12.8. The van der Waals surface area contributed by atoms with Gasteiger partial charge in [-0.15, -0.1) is 0 Å². The van der Waals surface area contributed by atoms with Gasteiger partial charge in [0.25, 0.3) is 5.91 Å². The highest BCUT2D eigenvalue weighted by Gasteiger charge is 2.32. The number of rotatable bonds is 4. The average molecular weight is 432 g/mol. The molecule has 0 N–H and O–H groups in total. The molecular formula is C15H17IN2O3S. The van der Waals surface area contributed by atoms with E-state index in [0.717, 1.165) is 9.13 Å². The number of carbonyl (C=O) groups is 1. The molecule has 1 aromatic rings. The van der Waals surface area contributed by atoms with Crippen molar-refractivity contribution in [1.29, 1.82) is 0 Å². The zero-order chi connectivity index (χ0) is 16.4. The van der Waals surface area contributed by atoms with Gasteiger partial charge in [-0.2, -0.15) is 0 Å². The first-order valence-electron chi connectivity index (χ1n) is 6.68. The van der Waals surface area contributed by atoms with Crippen LogP contribution in [0.2, 0.25) is 0 Å². The van der Waals surface area contributed by atoms with Crippen LogP contribution in [0, 0.1) is 3.57 Å². The first-order valence-corrected chi connectivity index (χ1v) is 8.17. The van der Waals surface area contributed by atoms with Gasteiger partial charge in [0.15, 0.2) is 16.6 Å². The number of methoxy groups -OCH3 is 1. The summed E-state index contributed by atoms with van der Waals surface area (Å²) in [7, 11) is 5.05. The van der Waals surface area contributed by atoms with E-state index in [-0.39, 0.29) is 5.91 Å². The topological polar surface area (TPSA) is 42.0 Å². The number of amides is 1. The Labute approximate surface area is 149 Å². The molecule has 1 heterocycles. The van der Waals surface area contributed by atoms with E-state index in [1.807, 2.05) is 19.1 Å². The molecule has 0 saturated carbocycles. The first kappa shape index (κ1) is 17.0. The van der Waals surface area contributed by atoms with Crippen LogP contribution in [0.4, 0.5) is 0 Å². The smallest absolute Gasteiger partial charge is 0.276 e. The van der Waals surface area contributed by atoms with Gasteiger partial charge in [-0.1, -0.05) is 0 Å². The summed E-state index contributed by atoms with van der Waals surface area (Å²) in [4.78, 5) is 15.4. The van der Waals surface area contributed by atoms with Gasteiger partial charge < -0.3 is 14.4 Å². The normalized spacial score (nSPS) is 16.7. The van der Waals surface area contributed by atoms with Crippen LogP contribution >= 0.6 is 34.8 Å². The highest BCUT2D eigenvalue weighted by molar-refractivity contribution is 14.1. The fraction of sp³-hybridized carbons (Fsp3) is 0.333. The summed E-state index contributed by atoms with van der Waals surface area (Å²) >= 11 is 7.40. The molecule has 0 spiro atoms. The highest BCUT2D eigenvalue weighted by atomic mass is 127. The molecule has 0 bridgehead atoms. The second-order valence-electron chi connectivity index (χ2n) is 4.70. The lowest BCUT2D eigenvalue weighted by Crippen LogP contribution is -2.26. The van der Waals surface area contributed by atoms with Crippen LogP contribution in [0.25, 0.3) is 6.08 Å². The molecule has 1 aliphatic rings. The van der Waals surface area contributed by atoms with E-state index in [0.29, 0.717) is 28.9 Å². The second-order valence-corrected chi connectivity index (χ2v) is 6.23. The van der Waals surface area contributed by atoms with Gasteiger partial charge in [0.1, 0.15) is 5.70 Å². The van der Waals surface area contributed by atoms with Crippen LogP contribution in [0.5, 0.6) is 11.5 Å². The van der Waals surface area contributed by atoms with Gasteiger partial charge in [0.2, 0.25) is 0 Å². The highest BCUT2D eigenvalue weighted by Crippen LogP contribution is 2.35. The van der Waals surface area contributed by atoms with Crippen molar-refractivity contribution in [2.45, 2.75) is 6.92 Å². The molecule has 5 nitrogen and oxygen atoms in total. The number of nitrogens with zero attached hydrogens (tertiary/aromatic N) is 2. The molecule has 2 rings (SSSR count). The van der Waals surface area contributed by atoms with E-state index in [4.69, 9.17) is 21.7 Å². The van der Waals surface area contributed by atoms with Crippen molar-refractivity contribution in [2.75, 3.05) is 27.8 Å². The molecule has 1 aromatic carbocycles. The minimum absolute atomic E-state index is 0.115. The van der Waals surface area contributed by atoms with Crippen molar-refractivity contribution in [2.24, 2.45) is 0 Å². The molecule has 0 aliphatic carbocycles. The van der Waals surface area contributed by atoms with Crippen molar-refractivity contribution in [1.82, 2.24) is 9.80 Å². The maximum Gasteiger partial charge on any atom is 0.276 e. The van der Waals surface area contributed by atoms with Crippen molar-refractivity contribution >= 4 is 51.9 Å². The monoisotopic (exact) mass is 432 g/mol. The van der Waals surface area contributed by atoms with E-state index in [9.17, 15) is 4.79 Å². The van der Waals surface area contributed by atoms with Crippen molar-refractivity contribution in [3.05, 3.63) is 27.0 Å². The Morgan fingerprint density at radius 3 is 2.50 bits per heavy atom. The lowest BCUT2D eigenvalue weighted by atomic mass is 10.1. The zero-order valence-corrected chi connectivity index (χ0v) is 15.8. The minimum atomic E-state index is -0.115. The van der Waals surface area contributed by atoms with Gasteiger partial charge in [-0.3, -0.25) is 9.69 Å². The number of carbonyl (C=O) groups excluding carboxylic acids is 1. The Bertz CT molecular complexity index is 660. The predicted octanol–water partition coefficient (Wildman–Crippen LogP) is 2.73. The third-order valence-electron chi connectivity index (χ3n) is 3.30. The minimum Gasteiger partial charge on any atom is -0.493 e. The van der Waals surface area contributed by atoms with Gasteiger partial charge in [0.05, 0.1) is 17.3 Å². The Kier molecular flexibility index (Phi) is 5.28. The van der Waals surface area contributed by atoms with E-state index in [2.05, 4.69) is 22.6 Å². The van der Waals surface area contributed by atoms with E-state index in [1.54, 1.807) is 32.2 Å². The molecule has 1 saturated heterocycles. The number of benzene rings is 1. The molecule has 0 aromatic heterocycles. The summed E-state index contributed by atoms with van der Waals surface area (Å²) < 4.78 is 11.9. The SMILES string of the molecule is CCOc1c(I)cc(/C=C2/C(=O)N(C)C(=S)N2C)cc1OC. The Balaban J connectivity index is 2.46. The molecule has 118 valence electrons. The molecule has 1 amide bonds. The van der Waals surface area contributed by atoms with E-state index >= 15 is 0 Å². The Hall–Kier alpha value is -1.35. The summed E-state index contributed by atoms with van der Waals surface area (Å²) in [5, 5.41) is 0.490. The van der Waals surface area contributed by atoms with E-state index in [1.165, 1.54) is 4.90 Å². The van der Waals surface area contributed by atoms with Crippen molar-refractivity contribution in [3.63, 3.8) is 0 Å². The number of likely N-dealkylation sites (N-methyl/N-ethyl adjacent to an activating group) is 2. The molecule has 1 fully saturated rings. The molecule has 0 unspecified atom stereocenters. The summed E-state index contributed by atoms with van der Waals surface area (Å²) in [5.41, 5.74) is 1.40. The molecule has 7 heteroatoms. The number of hydrogen-bond donors (Lipinski definition) is 0. The van der Waals surface area contributed by atoms with Crippen LogP contribution in [-0.2, 0) is 4.79 Å². The molecule has 1 aliphatic heterocycles. The summed E-state index contributed by atoms with van der Waals surface area (Å²) in [6.07, 6.45) is 1.80. The van der Waals surface area contributed by atoms with Gasteiger partial charge in [-0.25, -0.2) is 0 Å². The second kappa shape index (κ2) is 6.82. The number of hydrogen-bond acceptors (Lipinski definition) is 4. The number of ether oxygens (including phenoxy) is 2. The van der Waals surface area contributed by atoms with Gasteiger partial charge in [0, 0.05) is 14.1 Å². The number of halogens is 1. The Morgan fingerprint density at radius 2 is 2.00 bits per heavy atom. The predicted molar refractivity (Wildman–Crippen MR) is 98.0 cm³/mol. The van der Waals surface area contributed by atoms with Crippen LogP contribution in [0.1, 0.15) is 12.5 Å². The fourth-order valence-electron chi connectivity index (χ4n) is 2.15. The largest absolute Gasteiger partial charge is 0.493 e. The molecular weight excluding hydrogens is 415 g/mol. The lowest BCUT2D eigenvalue weighted by molar-refractivity contribution is -0.121. The van der Waals surface area contributed by atoms with E-state index < -0.39 is 0 Å². The molecule has 22 heavy (non-hydrogen) atoms. The summed E-state index contributed by atoms with van der Waals surface area (Å²) in [6.45, 7) is 2.49. The maximum absolute atomic E-state index is 12.2. The average Bonchev–Trinajstić information content (AvgIpc) is 2.67. The molecule has 0 atom stereocenters. The van der Waals surface area contributed by atoms with Crippen molar-refractivity contribution < 1.29 is 14.3 Å².